The highest BCUT2D eigenvalue weighted by Crippen LogP contribution is 2.20. The number of pyridine rings is 1. The van der Waals surface area contributed by atoms with Crippen molar-refractivity contribution < 1.29 is 9.53 Å². The molecule has 5 nitrogen and oxygen atoms in total. The molecule has 1 fully saturated rings. The van der Waals surface area contributed by atoms with Crippen LogP contribution in [0.2, 0.25) is 0 Å². The molecular formula is C18H25N3O2. The lowest BCUT2D eigenvalue weighted by Crippen LogP contribution is -2.35. The number of nitrogens with zero attached hydrogens (tertiary/aromatic N) is 2. The van der Waals surface area contributed by atoms with E-state index in [9.17, 15) is 4.79 Å². The summed E-state index contributed by atoms with van der Waals surface area (Å²) in [5.74, 6) is 0.670. The fourth-order valence-corrected chi connectivity index (χ4v) is 3.07. The number of allylic oxidation sites excluding steroid dienone is 1. The van der Waals surface area contributed by atoms with E-state index in [0.717, 1.165) is 45.7 Å². The van der Waals surface area contributed by atoms with Crippen molar-refractivity contribution in [1.82, 2.24) is 9.88 Å². The average Bonchev–Trinajstić information content (AvgIpc) is 2.58. The molecule has 0 spiro atoms. The molecule has 0 radical (unpaired) electrons. The maximum atomic E-state index is 12.1. The van der Waals surface area contributed by atoms with Gasteiger partial charge in [0.05, 0.1) is 13.2 Å². The Balaban J connectivity index is 1.48. The lowest BCUT2D eigenvalue weighted by molar-refractivity contribution is -0.115. The fourth-order valence-electron chi connectivity index (χ4n) is 3.07. The second kappa shape index (κ2) is 8.22. The summed E-state index contributed by atoms with van der Waals surface area (Å²) < 4.78 is 5.35. The number of rotatable bonds is 5. The molecule has 1 N–H and O–H groups in total. The molecule has 0 aromatic carbocycles. The molecular weight excluding hydrogens is 290 g/mol. The van der Waals surface area contributed by atoms with E-state index in [1.54, 1.807) is 0 Å². The van der Waals surface area contributed by atoms with E-state index >= 15 is 0 Å². The number of carbonyl (C=O) groups excluding carboxylic acids is 1. The summed E-state index contributed by atoms with van der Waals surface area (Å²) in [4.78, 5) is 18.8. The zero-order valence-corrected chi connectivity index (χ0v) is 13.6. The van der Waals surface area contributed by atoms with E-state index in [1.807, 2.05) is 18.3 Å². The largest absolute Gasteiger partial charge is 0.379 e. The SMILES string of the molecule is O=C(CC1=CCCCC1)Nc1ccc(CN2CCOCC2)cn1. The molecule has 0 atom stereocenters. The Kier molecular flexibility index (Phi) is 5.77. The van der Waals surface area contributed by atoms with Gasteiger partial charge in [-0.25, -0.2) is 4.98 Å². The van der Waals surface area contributed by atoms with E-state index in [1.165, 1.54) is 24.0 Å². The minimum atomic E-state index is 0.0339. The lowest BCUT2D eigenvalue weighted by Gasteiger charge is -2.26. The normalized spacial score (nSPS) is 19.2. The predicted molar refractivity (Wildman–Crippen MR) is 90.1 cm³/mol. The zero-order valence-electron chi connectivity index (χ0n) is 13.6. The number of ether oxygens (including phenoxy) is 1. The van der Waals surface area contributed by atoms with Crippen LogP contribution in [0, 0.1) is 0 Å². The van der Waals surface area contributed by atoms with Crippen LogP contribution in [-0.2, 0) is 16.1 Å². The third-order valence-electron chi connectivity index (χ3n) is 4.37. The number of carbonyl (C=O) groups is 1. The first-order valence-corrected chi connectivity index (χ1v) is 8.52. The molecule has 2 aliphatic rings. The fraction of sp³-hybridized carbons (Fsp3) is 0.556. The number of nitrogens with one attached hydrogen (secondary N) is 1. The minimum absolute atomic E-state index is 0.0339. The number of amides is 1. The van der Waals surface area contributed by atoms with Gasteiger partial charge in [0.25, 0.3) is 0 Å². The monoisotopic (exact) mass is 315 g/mol. The summed E-state index contributed by atoms with van der Waals surface area (Å²) in [7, 11) is 0. The van der Waals surface area contributed by atoms with Crippen LogP contribution < -0.4 is 5.32 Å². The van der Waals surface area contributed by atoms with Gasteiger partial charge in [-0.15, -0.1) is 0 Å². The van der Waals surface area contributed by atoms with Crippen molar-refractivity contribution in [3.63, 3.8) is 0 Å². The molecule has 1 saturated heterocycles. The minimum Gasteiger partial charge on any atom is -0.379 e. The van der Waals surface area contributed by atoms with Crippen molar-refractivity contribution in [3.05, 3.63) is 35.5 Å². The zero-order chi connectivity index (χ0) is 15.9. The Morgan fingerprint density at radius 3 is 2.83 bits per heavy atom. The Morgan fingerprint density at radius 2 is 2.13 bits per heavy atom. The van der Waals surface area contributed by atoms with Crippen LogP contribution in [0.15, 0.2) is 30.0 Å². The molecule has 0 unspecified atom stereocenters. The molecule has 1 amide bonds. The van der Waals surface area contributed by atoms with Gasteiger partial charge in [-0.3, -0.25) is 9.69 Å². The van der Waals surface area contributed by atoms with Gasteiger partial charge in [-0.1, -0.05) is 17.7 Å². The molecule has 1 aromatic heterocycles. The van der Waals surface area contributed by atoms with Gasteiger partial charge >= 0.3 is 0 Å². The highest BCUT2D eigenvalue weighted by Gasteiger charge is 2.12. The molecule has 1 aliphatic carbocycles. The van der Waals surface area contributed by atoms with Crippen LogP contribution in [0.5, 0.6) is 0 Å². The van der Waals surface area contributed by atoms with Crippen LogP contribution in [0.4, 0.5) is 5.82 Å². The Hall–Kier alpha value is -1.72. The van der Waals surface area contributed by atoms with Crippen LogP contribution in [0.1, 0.15) is 37.7 Å². The second-order valence-corrected chi connectivity index (χ2v) is 6.27. The van der Waals surface area contributed by atoms with E-state index in [-0.39, 0.29) is 5.91 Å². The Labute approximate surface area is 137 Å². The highest BCUT2D eigenvalue weighted by molar-refractivity contribution is 5.91. The van der Waals surface area contributed by atoms with Crippen molar-refractivity contribution in [1.29, 1.82) is 0 Å². The maximum absolute atomic E-state index is 12.1. The van der Waals surface area contributed by atoms with Gasteiger partial charge in [-0.2, -0.15) is 0 Å². The van der Waals surface area contributed by atoms with Gasteiger partial charge in [0.2, 0.25) is 5.91 Å². The molecule has 5 heteroatoms. The van der Waals surface area contributed by atoms with Crippen LogP contribution in [0.3, 0.4) is 0 Å². The van der Waals surface area contributed by atoms with Gasteiger partial charge in [0.1, 0.15) is 5.82 Å². The van der Waals surface area contributed by atoms with Gasteiger partial charge in [0, 0.05) is 32.3 Å². The van der Waals surface area contributed by atoms with Gasteiger partial charge < -0.3 is 10.1 Å². The van der Waals surface area contributed by atoms with Crippen LogP contribution in [-0.4, -0.2) is 42.1 Å². The lowest BCUT2D eigenvalue weighted by atomic mass is 9.97. The molecule has 1 aromatic rings. The summed E-state index contributed by atoms with van der Waals surface area (Å²) in [6, 6.07) is 3.93. The Bertz CT molecular complexity index is 548. The first-order chi connectivity index (χ1) is 11.3. The number of aromatic nitrogens is 1. The molecule has 124 valence electrons. The van der Waals surface area contributed by atoms with E-state index in [0.29, 0.717) is 12.2 Å². The number of hydrogen-bond donors (Lipinski definition) is 1. The quantitative estimate of drug-likeness (QED) is 0.849. The Morgan fingerprint density at radius 1 is 1.26 bits per heavy atom. The topological polar surface area (TPSA) is 54.5 Å². The predicted octanol–water partition coefficient (Wildman–Crippen LogP) is 2.74. The van der Waals surface area contributed by atoms with E-state index in [4.69, 9.17) is 4.74 Å². The molecule has 0 bridgehead atoms. The van der Waals surface area contributed by atoms with Crippen LogP contribution >= 0.6 is 0 Å². The van der Waals surface area contributed by atoms with Gasteiger partial charge in [-0.05, 0) is 37.3 Å². The van der Waals surface area contributed by atoms with E-state index < -0.39 is 0 Å². The molecule has 3 rings (SSSR count). The van der Waals surface area contributed by atoms with Crippen molar-refractivity contribution in [2.24, 2.45) is 0 Å². The number of hydrogen-bond acceptors (Lipinski definition) is 4. The van der Waals surface area contributed by atoms with Gasteiger partial charge in [0.15, 0.2) is 0 Å². The average molecular weight is 315 g/mol. The maximum Gasteiger partial charge on any atom is 0.229 e. The smallest absolute Gasteiger partial charge is 0.229 e. The number of morpholine rings is 1. The van der Waals surface area contributed by atoms with Crippen molar-refractivity contribution in [2.45, 2.75) is 38.6 Å². The first kappa shape index (κ1) is 16.1. The second-order valence-electron chi connectivity index (χ2n) is 6.27. The molecule has 2 heterocycles. The highest BCUT2D eigenvalue weighted by atomic mass is 16.5. The summed E-state index contributed by atoms with van der Waals surface area (Å²) >= 11 is 0. The van der Waals surface area contributed by atoms with E-state index in [2.05, 4.69) is 21.3 Å². The molecule has 0 saturated carbocycles. The summed E-state index contributed by atoms with van der Waals surface area (Å²) in [6.45, 7) is 4.42. The van der Waals surface area contributed by atoms with Crippen molar-refractivity contribution in [3.8, 4) is 0 Å². The van der Waals surface area contributed by atoms with Crippen molar-refractivity contribution >= 4 is 11.7 Å². The van der Waals surface area contributed by atoms with Crippen LogP contribution in [0.25, 0.3) is 0 Å². The number of anilines is 1. The summed E-state index contributed by atoms with van der Waals surface area (Å²) in [6.07, 6.45) is 9.17. The summed E-state index contributed by atoms with van der Waals surface area (Å²) in [5, 5.41) is 2.90. The third-order valence-corrected chi connectivity index (χ3v) is 4.37. The molecule has 1 aliphatic heterocycles. The standard InChI is InChI=1S/C18H25N3O2/c22-18(12-15-4-2-1-3-5-15)20-17-7-6-16(13-19-17)14-21-8-10-23-11-9-21/h4,6-7,13H,1-3,5,8-12,14H2,(H,19,20,22). The van der Waals surface area contributed by atoms with Crippen molar-refractivity contribution in [2.75, 3.05) is 31.6 Å². The molecule has 23 heavy (non-hydrogen) atoms. The summed E-state index contributed by atoms with van der Waals surface area (Å²) in [5.41, 5.74) is 2.43. The third kappa shape index (κ3) is 5.15. The first-order valence-electron chi connectivity index (χ1n) is 8.52.